The Labute approximate surface area is 189 Å². The molecule has 1 aliphatic heterocycles. The number of fused-ring (bicyclic) bond motifs is 1. The van der Waals surface area contributed by atoms with Crippen molar-refractivity contribution in [3.05, 3.63) is 59.4 Å². The zero-order valence-electron chi connectivity index (χ0n) is 19.3. The molecule has 2 aromatic carbocycles. The van der Waals surface area contributed by atoms with E-state index < -0.39 is 0 Å². The summed E-state index contributed by atoms with van der Waals surface area (Å²) < 4.78 is 7.52. The summed E-state index contributed by atoms with van der Waals surface area (Å²) >= 11 is 0. The maximum atomic E-state index is 13.1. The number of hydrogen-bond acceptors (Lipinski definition) is 4. The number of aromatic nitrogens is 2. The molecule has 0 radical (unpaired) electrons. The summed E-state index contributed by atoms with van der Waals surface area (Å²) in [6.07, 6.45) is 5.08. The minimum Gasteiger partial charge on any atom is -0.497 e. The molecule has 1 amide bonds. The third kappa shape index (κ3) is 3.88. The van der Waals surface area contributed by atoms with Crippen molar-refractivity contribution in [3.63, 3.8) is 0 Å². The molecular weight excluding hydrogens is 400 g/mol. The van der Waals surface area contributed by atoms with Gasteiger partial charge in [0.1, 0.15) is 11.6 Å². The third-order valence-corrected chi connectivity index (χ3v) is 7.34. The molecule has 3 aromatic rings. The van der Waals surface area contributed by atoms with Crippen molar-refractivity contribution in [2.45, 2.75) is 51.2 Å². The Morgan fingerprint density at radius 1 is 1.16 bits per heavy atom. The van der Waals surface area contributed by atoms with E-state index in [9.17, 15) is 4.79 Å². The molecule has 1 atom stereocenters. The fourth-order valence-corrected chi connectivity index (χ4v) is 5.03. The maximum Gasteiger partial charge on any atom is 0.253 e. The molecule has 6 nitrogen and oxygen atoms in total. The summed E-state index contributed by atoms with van der Waals surface area (Å²) in [6, 6.07) is 15.1. The quantitative estimate of drug-likeness (QED) is 0.589. The predicted molar refractivity (Wildman–Crippen MR) is 126 cm³/mol. The number of likely N-dealkylation sites (tertiary alicyclic amines) is 1. The zero-order chi connectivity index (χ0) is 22.2. The number of benzene rings is 2. The summed E-state index contributed by atoms with van der Waals surface area (Å²) in [5.74, 6) is 1.89. The van der Waals surface area contributed by atoms with E-state index in [0.29, 0.717) is 6.04 Å². The fourth-order valence-electron chi connectivity index (χ4n) is 5.03. The van der Waals surface area contributed by atoms with Gasteiger partial charge in [-0.2, -0.15) is 0 Å². The van der Waals surface area contributed by atoms with E-state index in [-0.39, 0.29) is 5.91 Å². The van der Waals surface area contributed by atoms with Crippen molar-refractivity contribution in [2.24, 2.45) is 0 Å². The van der Waals surface area contributed by atoms with E-state index in [1.54, 1.807) is 7.11 Å². The van der Waals surface area contributed by atoms with Crippen molar-refractivity contribution in [2.75, 3.05) is 27.2 Å². The van der Waals surface area contributed by atoms with Crippen LogP contribution in [0.3, 0.4) is 0 Å². The highest BCUT2D eigenvalue weighted by atomic mass is 16.5. The molecule has 2 heterocycles. The van der Waals surface area contributed by atoms with Gasteiger partial charge in [-0.25, -0.2) is 4.98 Å². The summed E-state index contributed by atoms with van der Waals surface area (Å²) in [5.41, 5.74) is 3.93. The fraction of sp³-hybridized carbons (Fsp3) is 0.462. The third-order valence-electron chi connectivity index (χ3n) is 7.34. The monoisotopic (exact) mass is 432 g/mol. The second kappa shape index (κ2) is 8.58. The molecule has 6 heteroatoms. The average Bonchev–Trinajstić information content (AvgIpc) is 3.36. The Bertz CT molecular complexity index is 1120. The van der Waals surface area contributed by atoms with Gasteiger partial charge in [0.15, 0.2) is 0 Å². The van der Waals surface area contributed by atoms with Crippen LogP contribution in [0.1, 0.15) is 47.4 Å². The molecule has 2 aliphatic rings. The van der Waals surface area contributed by atoms with Crippen LogP contribution in [0, 0.1) is 6.92 Å². The molecule has 1 saturated carbocycles. The van der Waals surface area contributed by atoms with E-state index in [4.69, 9.17) is 4.74 Å². The lowest BCUT2D eigenvalue weighted by Crippen LogP contribution is -2.43. The smallest absolute Gasteiger partial charge is 0.253 e. The predicted octanol–water partition coefficient (Wildman–Crippen LogP) is 4.10. The minimum absolute atomic E-state index is 0.119. The van der Waals surface area contributed by atoms with E-state index >= 15 is 0 Å². The van der Waals surface area contributed by atoms with Gasteiger partial charge in [0.2, 0.25) is 0 Å². The lowest BCUT2D eigenvalue weighted by molar-refractivity contribution is 0.0720. The van der Waals surface area contributed by atoms with Gasteiger partial charge in [-0.05, 0) is 56.0 Å². The van der Waals surface area contributed by atoms with E-state index in [2.05, 4.69) is 32.7 Å². The van der Waals surface area contributed by atoms with Crippen LogP contribution in [0.2, 0.25) is 0 Å². The highest BCUT2D eigenvalue weighted by Crippen LogP contribution is 2.29. The van der Waals surface area contributed by atoms with Crippen molar-refractivity contribution >= 4 is 16.9 Å². The van der Waals surface area contributed by atoms with Gasteiger partial charge in [0, 0.05) is 50.4 Å². The second-order valence-electron chi connectivity index (χ2n) is 9.23. The Morgan fingerprint density at radius 2 is 1.94 bits per heavy atom. The van der Waals surface area contributed by atoms with Crippen LogP contribution < -0.4 is 4.74 Å². The van der Waals surface area contributed by atoms with Crippen LogP contribution in [0.4, 0.5) is 0 Å². The van der Waals surface area contributed by atoms with Crippen molar-refractivity contribution in [1.82, 2.24) is 19.4 Å². The van der Waals surface area contributed by atoms with E-state index in [1.807, 2.05) is 43.1 Å². The molecule has 168 valence electrons. The number of likely N-dealkylation sites (N-methyl/N-ethyl adjacent to an activating group) is 1. The van der Waals surface area contributed by atoms with E-state index in [1.165, 1.54) is 19.3 Å². The Kier molecular flexibility index (Phi) is 5.64. The summed E-state index contributed by atoms with van der Waals surface area (Å²) in [5, 5.41) is 0. The van der Waals surface area contributed by atoms with Gasteiger partial charge >= 0.3 is 0 Å². The lowest BCUT2D eigenvalue weighted by atomic mass is 9.92. The molecule has 0 spiro atoms. The number of nitrogens with zero attached hydrogens (tertiary/aromatic N) is 4. The zero-order valence-corrected chi connectivity index (χ0v) is 19.3. The standard InChI is InChI=1S/C26H32N4O2/c1-18-27-24-15-23(32-3)11-12-25(24)30(18)16-19-7-9-20(10-8-19)26(31)28(2)22-13-14-29(17-22)21-5-4-6-21/h7-12,15,21-22H,4-6,13-14,16-17H2,1-3H3. The molecule has 32 heavy (non-hydrogen) atoms. The topological polar surface area (TPSA) is 50.6 Å². The Morgan fingerprint density at radius 3 is 2.62 bits per heavy atom. The van der Waals surface area contributed by atoms with Crippen molar-refractivity contribution in [3.8, 4) is 5.75 Å². The van der Waals surface area contributed by atoms with Gasteiger partial charge in [0.25, 0.3) is 5.91 Å². The van der Waals surface area contributed by atoms with Gasteiger partial charge in [-0.1, -0.05) is 18.6 Å². The molecule has 1 aliphatic carbocycles. The van der Waals surface area contributed by atoms with Gasteiger partial charge in [-0.3, -0.25) is 9.69 Å². The highest BCUT2D eigenvalue weighted by Gasteiger charge is 2.34. The van der Waals surface area contributed by atoms with Crippen LogP contribution >= 0.6 is 0 Å². The highest BCUT2D eigenvalue weighted by molar-refractivity contribution is 5.94. The molecule has 1 saturated heterocycles. The second-order valence-corrected chi connectivity index (χ2v) is 9.23. The first-order valence-electron chi connectivity index (χ1n) is 11.6. The molecule has 0 N–H and O–H groups in total. The number of imidazole rings is 1. The van der Waals surface area contributed by atoms with Crippen LogP contribution in [0.5, 0.6) is 5.75 Å². The summed E-state index contributed by atoms with van der Waals surface area (Å²) in [4.78, 5) is 22.3. The number of ether oxygens (including phenoxy) is 1. The number of hydrogen-bond donors (Lipinski definition) is 0. The van der Waals surface area contributed by atoms with Crippen LogP contribution in [0.25, 0.3) is 11.0 Å². The number of amides is 1. The minimum atomic E-state index is 0.119. The average molecular weight is 433 g/mol. The van der Waals surface area contributed by atoms with Gasteiger partial charge < -0.3 is 14.2 Å². The number of rotatable bonds is 6. The first kappa shape index (κ1) is 21.0. The molecule has 5 rings (SSSR count). The number of methoxy groups -OCH3 is 1. The van der Waals surface area contributed by atoms with Crippen LogP contribution in [-0.2, 0) is 6.54 Å². The Hall–Kier alpha value is -2.86. The van der Waals surface area contributed by atoms with Crippen LogP contribution in [-0.4, -0.2) is 64.6 Å². The number of aryl methyl sites for hydroxylation is 1. The maximum absolute atomic E-state index is 13.1. The molecule has 0 bridgehead atoms. The molecule has 2 fully saturated rings. The first-order valence-corrected chi connectivity index (χ1v) is 11.6. The number of carbonyl (C=O) groups is 1. The van der Waals surface area contributed by atoms with Crippen LogP contribution in [0.15, 0.2) is 42.5 Å². The van der Waals surface area contributed by atoms with Crippen molar-refractivity contribution in [1.29, 1.82) is 0 Å². The largest absolute Gasteiger partial charge is 0.497 e. The number of carbonyl (C=O) groups excluding carboxylic acids is 1. The summed E-state index contributed by atoms with van der Waals surface area (Å²) in [6.45, 7) is 4.88. The summed E-state index contributed by atoms with van der Waals surface area (Å²) in [7, 11) is 3.63. The molecule has 1 unspecified atom stereocenters. The molecule has 1 aromatic heterocycles. The lowest BCUT2D eigenvalue weighted by Gasteiger charge is -2.35. The van der Waals surface area contributed by atoms with Gasteiger partial charge in [0.05, 0.1) is 18.1 Å². The van der Waals surface area contributed by atoms with E-state index in [0.717, 1.165) is 65.8 Å². The Balaban J connectivity index is 1.26. The normalized spacial score (nSPS) is 19.3. The first-order chi connectivity index (χ1) is 15.5. The van der Waals surface area contributed by atoms with Gasteiger partial charge in [-0.15, -0.1) is 0 Å². The SMILES string of the molecule is COc1ccc2c(c1)nc(C)n2Cc1ccc(C(=O)N(C)C2CCN(C3CCC3)C2)cc1. The molecular formula is C26H32N4O2. The van der Waals surface area contributed by atoms with Crippen molar-refractivity contribution < 1.29 is 9.53 Å².